The summed E-state index contributed by atoms with van der Waals surface area (Å²) in [5, 5.41) is 4.68. The zero-order valence-corrected chi connectivity index (χ0v) is 7.20. The van der Waals surface area contributed by atoms with Crippen LogP contribution in [0.1, 0.15) is 6.42 Å². The van der Waals surface area contributed by atoms with Crippen LogP contribution >= 0.6 is 0 Å². The second-order valence-electron chi connectivity index (χ2n) is 3.09. The van der Waals surface area contributed by atoms with Gasteiger partial charge in [0.25, 0.3) is 5.91 Å². The Balaban J connectivity index is 2.48. The molecule has 1 aliphatic heterocycles. The molecule has 0 radical (unpaired) electrons. The largest absolute Gasteiger partial charge is 0.383 e. The van der Waals surface area contributed by atoms with E-state index in [9.17, 15) is 22.4 Å². The van der Waals surface area contributed by atoms with Crippen LogP contribution in [0, 0.1) is 0 Å². The number of carbonyl (C=O) groups is 1. The van der Waals surface area contributed by atoms with E-state index < -0.39 is 24.3 Å². The number of alkyl halides is 4. The molecular weight excluding hydrogens is 204 g/mol. The number of halogens is 4. The third-order valence-electron chi connectivity index (χ3n) is 1.97. The highest BCUT2D eigenvalue weighted by molar-refractivity contribution is 5.84. The molecule has 2 N–H and O–H groups in total. The standard InChI is InChI=1S/C7H10F4N2O/c8-5(9)7(10,11)6(14)13-4-1-2-12-3-4/h4-5,12H,1-3H2,(H,13,14). The lowest BCUT2D eigenvalue weighted by atomic mass is 10.2. The Hall–Kier alpha value is -0.850. The van der Waals surface area contributed by atoms with Crippen molar-refractivity contribution in [2.24, 2.45) is 0 Å². The molecule has 1 saturated heterocycles. The minimum absolute atomic E-state index is 0.338. The van der Waals surface area contributed by atoms with E-state index >= 15 is 0 Å². The minimum atomic E-state index is -4.59. The van der Waals surface area contributed by atoms with Crippen LogP contribution in [-0.4, -0.2) is 37.4 Å². The second kappa shape index (κ2) is 4.12. The molecule has 0 spiro atoms. The predicted octanol–water partition coefficient (Wildman–Crippen LogP) is 0.365. The van der Waals surface area contributed by atoms with Gasteiger partial charge in [0, 0.05) is 12.6 Å². The third-order valence-corrected chi connectivity index (χ3v) is 1.97. The Morgan fingerprint density at radius 2 is 2.14 bits per heavy atom. The number of hydrogen-bond acceptors (Lipinski definition) is 2. The van der Waals surface area contributed by atoms with E-state index in [4.69, 9.17) is 0 Å². The van der Waals surface area contributed by atoms with Crippen molar-refractivity contribution >= 4 is 5.91 Å². The van der Waals surface area contributed by atoms with Gasteiger partial charge in [0.2, 0.25) is 0 Å². The average Bonchev–Trinajstić information content (AvgIpc) is 2.56. The van der Waals surface area contributed by atoms with E-state index in [1.54, 1.807) is 0 Å². The van der Waals surface area contributed by atoms with Crippen LogP contribution in [0.4, 0.5) is 17.6 Å². The maximum absolute atomic E-state index is 12.4. The Kier molecular flexibility index (Phi) is 3.30. The van der Waals surface area contributed by atoms with Gasteiger partial charge in [-0.05, 0) is 13.0 Å². The summed E-state index contributed by atoms with van der Waals surface area (Å²) in [7, 11) is 0. The fourth-order valence-corrected chi connectivity index (χ4v) is 1.16. The lowest BCUT2D eigenvalue weighted by Crippen LogP contribution is -2.49. The maximum Gasteiger partial charge on any atom is 0.383 e. The molecule has 0 aliphatic carbocycles. The van der Waals surface area contributed by atoms with Gasteiger partial charge in [0.05, 0.1) is 0 Å². The van der Waals surface area contributed by atoms with Crippen molar-refractivity contribution in [1.29, 1.82) is 0 Å². The van der Waals surface area contributed by atoms with E-state index in [0.717, 1.165) is 0 Å². The molecule has 1 fully saturated rings. The van der Waals surface area contributed by atoms with Gasteiger partial charge in [-0.1, -0.05) is 0 Å². The monoisotopic (exact) mass is 214 g/mol. The summed E-state index contributed by atoms with van der Waals surface area (Å²) >= 11 is 0. The van der Waals surface area contributed by atoms with Gasteiger partial charge in [0.1, 0.15) is 0 Å². The number of hydrogen-bond donors (Lipinski definition) is 2. The second-order valence-corrected chi connectivity index (χ2v) is 3.09. The van der Waals surface area contributed by atoms with Crippen LogP contribution in [-0.2, 0) is 4.79 Å². The number of nitrogens with one attached hydrogen (secondary N) is 2. The van der Waals surface area contributed by atoms with Crippen molar-refractivity contribution < 1.29 is 22.4 Å². The molecule has 1 unspecified atom stereocenters. The van der Waals surface area contributed by atoms with E-state index in [1.807, 2.05) is 5.32 Å². The molecule has 1 rings (SSSR count). The number of amides is 1. The van der Waals surface area contributed by atoms with E-state index in [2.05, 4.69) is 5.32 Å². The van der Waals surface area contributed by atoms with Crippen LogP contribution < -0.4 is 10.6 Å². The summed E-state index contributed by atoms with van der Waals surface area (Å²) in [5.74, 6) is -6.50. The molecule has 1 heterocycles. The Morgan fingerprint density at radius 1 is 1.50 bits per heavy atom. The molecule has 0 bridgehead atoms. The molecule has 0 aromatic rings. The third kappa shape index (κ3) is 2.34. The molecule has 1 amide bonds. The topological polar surface area (TPSA) is 41.1 Å². The molecule has 1 aliphatic rings. The first-order valence-corrected chi connectivity index (χ1v) is 4.12. The summed E-state index contributed by atoms with van der Waals surface area (Å²) < 4.78 is 48.2. The molecule has 1 atom stereocenters. The SMILES string of the molecule is O=C(NC1CCNC1)C(F)(F)C(F)F. The minimum Gasteiger partial charge on any atom is -0.347 e. The van der Waals surface area contributed by atoms with Crippen molar-refractivity contribution in [3.63, 3.8) is 0 Å². The highest BCUT2D eigenvalue weighted by Gasteiger charge is 2.49. The van der Waals surface area contributed by atoms with Crippen molar-refractivity contribution in [3.8, 4) is 0 Å². The lowest BCUT2D eigenvalue weighted by Gasteiger charge is -2.17. The van der Waals surface area contributed by atoms with E-state index in [0.29, 0.717) is 19.5 Å². The average molecular weight is 214 g/mol. The fourth-order valence-electron chi connectivity index (χ4n) is 1.16. The normalized spacial score (nSPS) is 22.8. The summed E-state index contributed by atoms with van der Waals surface area (Å²) in [6.07, 6.45) is -3.48. The first-order valence-electron chi connectivity index (χ1n) is 4.12. The van der Waals surface area contributed by atoms with Crippen molar-refractivity contribution in [1.82, 2.24) is 10.6 Å². The van der Waals surface area contributed by atoms with Gasteiger partial charge in [0.15, 0.2) is 0 Å². The van der Waals surface area contributed by atoms with Crippen LogP contribution in [0.15, 0.2) is 0 Å². The molecule has 3 nitrogen and oxygen atoms in total. The zero-order valence-electron chi connectivity index (χ0n) is 7.20. The molecule has 14 heavy (non-hydrogen) atoms. The first kappa shape index (κ1) is 11.2. The zero-order chi connectivity index (χ0) is 10.8. The van der Waals surface area contributed by atoms with Crippen LogP contribution in [0.5, 0.6) is 0 Å². The Labute approximate surface area is 77.8 Å². The molecular formula is C7H10F4N2O. The Morgan fingerprint density at radius 3 is 2.57 bits per heavy atom. The molecule has 0 saturated carbocycles. The van der Waals surface area contributed by atoms with Crippen molar-refractivity contribution in [2.45, 2.75) is 24.8 Å². The van der Waals surface area contributed by atoms with Crippen LogP contribution in [0.2, 0.25) is 0 Å². The summed E-state index contributed by atoms with van der Waals surface area (Å²) in [6.45, 7) is 0.927. The maximum atomic E-state index is 12.4. The van der Waals surface area contributed by atoms with Crippen LogP contribution in [0.25, 0.3) is 0 Å². The van der Waals surface area contributed by atoms with Crippen LogP contribution in [0.3, 0.4) is 0 Å². The van der Waals surface area contributed by atoms with Gasteiger partial charge < -0.3 is 10.6 Å². The van der Waals surface area contributed by atoms with E-state index in [-0.39, 0.29) is 0 Å². The predicted molar refractivity (Wildman–Crippen MR) is 40.4 cm³/mol. The summed E-state index contributed by atoms with van der Waals surface area (Å²) in [6, 6.07) is -0.480. The number of rotatable bonds is 3. The van der Waals surface area contributed by atoms with Gasteiger partial charge in [-0.3, -0.25) is 4.79 Å². The smallest absolute Gasteiger partial charge is 0.347 e. The summed E-state index contributed by atoms with van der Waals surface area (Å²) in [4.78, 5) is 10.7. The van der Waals surface area contributed by atoms with Gasteiger partial charge in [-0.2, -0.15) is 8.78 Å². The molecule has 0 aromatic carbocycles. The van der Waals surface area contributed by atoms with Gasteiger partial charge in [-0.15, -0.1) is 0 Å². The van der Waals surface area contributed by atoms with Gasteiger partial charge in [-0.25, -0.2) is 8.78 Å². The number of carbonyl (C=O) groups excluding carboxylic acids is 1. The van der Waals surface area contributed by atoms with Crippen molar-refractivity contribution in [2.75, 3.05) is 13.1 Å². The molecule has 82 valence electrons. The van der Waals surface area contributed by atoms with Crippen molar-refractivity contribution in [3.05, 3.63) is 0 Å². The van der Waals surface area contributed by atoms with Gasteiger partial charge >= 0.3 is 12.3 Å². The first-order chi connectivity index (χ1) is 6.44. The quantitative estimate of drug-likeness (QED) is 0.666. The highest BCUT2D eigenvalue weighted by Crippen LogP contribution is 2.23. The lowest BCUT2D eigenvalue weighted by molar-refractivity contribution is -0.170. The Bertz CT molecular complexity index is 216. The highest BCUT2D eigenvalue weighted by atomic mass is 19.3. The molecule has 7 heteroatoms. The summed E-state index contributed by atoms with van der Waals surface area (Å²) in [5.41, 5.74) is 0. The fraction of sp³-hybridized carbons (Fsp3) is 0.857. The van der Waals surface area contributed by atoms with E-state index in [1.165, 1.54) is 0 Å². The molecule has 0 aromatic heterocycles.